The van der Waals surface area contributed by atoms with Crippen molar-refractivity contribution in [1.29, 1.82) is 0 Å². The number of benzene rings is 2. The predicted octanol–water partition coefficient (Wildman–Crippen LogP) is 5.16. The summed E-state index contributed by atoms with van der Waals surface area (Å²) in [4.78, 5) is 54.0. The number of H-pyrrole nitrogens is 1. The highest BCUT2D eigenvalue weighted by Crippen LogP contribution is 2.46. The molecule has 1 aromatic heterocycles. The van der Waals surface area contributed by atoms with Crippen molar-refractivity contribution in [3.05, 3.63) is 75.1 Å². The van der Waals surface area contributed by atoms with Crippen LogP contribution in [0.15, 0.2) is 47.3 Å². The molecule has 2 atom stereocenters. The number of nitrogens with one attached hydrogen (secondary N) is 1. The maximum atomic E-state index is 13.3. The Morgan fingerprint density at radius 3 is 2.66 bits per heavy atom. The fraction of sp³-hybridized carbons (Fsp3) is 0.333. The zero-order valence-corrected chi connectivity index (χ0v) is 21.1. The normalized spacial score (nSPS) is 21.6. The highest BCUT2D eigenvalue weighted by atomic mass is 16.5. The van der Waals surface area contributed by atoms with E-state index in [9.17, 15) is 24.3 Å². The molecule has 0 fully saturated rings. The number of pyridine rings is 1. The minimum atomic E-state index is -0.821. The molecule has 2 N–H and O–H groups in total. The van der Waals surface area contributed by atoms with Crippen molar-refractivity contribution in [2.45, 2.75) is 63.9 Å². The lowest BCUT2D eigenvalue weighted by Gasteiger charge is -2.27. The van der Waals surface area contributed by atoms with Gasteiger partial charge in [-0.2, -0.15) is 0 Å². The van der Waals surface area contributed by atoms with Crippen LogP contribution in [-0.2, 0) is 14.3 Å². The Balaban J connectivity index is 1.64. The van der Waals surface area contributed by atoms with Crippen LogP contribution in [0, 0.1) is 0 Å². The highest BCUT2D eigenvalue weighted by Gasteiger charge is 2.36. The number of aromatic hydroxyl groups is 1. The van der Waals surface area contributed by atoms with Crippen LogP contribution in [0.1, 0.15) is 84.8 Å². The Morgan fingerprint density at radius 1 is 1.03 bits per heavy atom. The SMILES string of the molecule is C[C@@H]1CCCC(=O)CCC/C=C/c2cc3c(c(O)c2C(=O)O1)[C@@H](c1cc2ccccc2[nH]c1=O)CC(=O)O3. The third-order valence-corrected chi connectivity index (χ3v) is 7.14. The van der Waals surface area contributed by atoms with Crippen LogP contribution in [0.25, 0.3) is 17.0 Å². The second-order valence-electron chi connectivity index (χ2n) is 9.91. The van der Waals surface area contributed by atoms with E-state index in [0.29, 0.717) is 55.2 Å². The number of rotatable bonds is 1. The third kappa shape index (κ3) is 5.11. The number of phenols is 1. The Labute approximate surface area is 219 Å². The maximum Gasteiger partial charge on any atom is 0.342 e. The zero-order chi connectivity index (χ0) is 26.8. The van der Waals surface area contributed by atoms with Gasteiger partial charge in [0.05, 0.1) is 12.5 Å². The Kier molecular flexibility index (Phi) is 7.13. The molecule has 8 heteroatoms. The van der Waals surface area contributed by atoms with Crippen molar-refractivity contribution in [1.82, 2.24) is 4.98 Å². The molecule has 5 rings (SSSR count). The molecular weight excluding hydrogens is 486 g/mol. The van der Waals surface area contributed by atoms with Gasteiger partial charge in [-0.1, -0.05) is 30.4 Å². The molecule has 2 aromatic carbocycles. The first-order valence-corrected chi connectivity index (χ1v) is 12.9. The van der Waals surface area contributed by atoms with Gasteiger partial charge in [-0.05, 0) is 61.8 Å². The molecule has 0 aliphatic carbocycles. The minimum Gasteiger partial charge on any atom is -0.507 e. The molecular formula is C30H29NO7. The first kappa shape index (κ1) is 25.4. The third-order valence-electron chi connectivity index (χ3n) is 7.14. The van der Waals surface area contributed by atoms with E-state index in [1.807, 2.05) is 24.3 Å². The zero-order valence-electron chi connectivity index (χ0n) is 21.1. The summed E-state index contributed by atoms with van der Waals surface area (Å²) < 4.78 is 11.1. The molecule has 2 aliphatic heterocycles. The van der Waals surface area contributed by atoms with Crippen molar-refractivity contribution < 1.29 is 29.0 Å². The Bertz CT molecular complexity index is 1520. The summed E-state index contributed by atoms with van der Waals surface area (Å²) in [5, 5.41) is 12.3. The summed E-state index contributed by atoms with van der Waals surface area (Å²) in [5.74, 6) is -2.18. The fourth-order valence-electron chi connectivity index (χ4n) is 5.21. The van der Waals surface area contributed by atoms with Gasteiger partial charge in [0, 0.05) is 35.4 Å². The summed E-state index contributed by atoms with van der Waals surface area (Å²) in [7, 11) is 0. The topological polar surface area (TPSA) is 123 Å². The van der Waals surface area contributed by atoms with Crippen LogP contribution in [0.2, 0.25) is 0 Å². The van der Waals surface area contributed by atoms with E-state index in [0.717, 1.165) is 5.39 Å². The van der Waals surface area contributed by atoms with E-state index in [-0.39, 0.29) is 40.4 Å². The smallest absolute Gasteiger partial charge is 0.342 e. The number of esters is 2. The number of carbonyl (C=O) groups excluding carboxylic acids is 3. The van der Waals surface area contributed by atoms with Crippen LogP contribution in [-0.4, -0.2) is 33.9 Å². The molecule has 196 valence electrons. The van der Waals surface area contributed by atoms with E-state index in [1.54, 1.807) is 25.1 Å². The largest absolute Gasteiger partial charge is 0.507 e. The second kappa shape index (κ2) is 10.7. The molecule has 0 spiro atoms. The number of carbonyl (C=O) groups is 3. The lowest BCUT2D eigenvalue weighted by Crippen LogP contribution is -2.27. The number of ether oxygens (including phenoxy) is 2. The van der Waals surface area contributed by atoms with Crippen LogP contribution in [0.3, 0.4) is 0 Å². The summed E-state index contributed by atoms with van der Waals surface area (Å²) in [6.45, 7) is 1.75. The quantitative estimate of drug-likeness (QED) is 0.339. The van der Waals surface area contributed by atoms with Gasteiger partial charge < -0.3 is 19.6 Å². The van der Waals surface area contributed by atoms with E-state index < -0.39 is 24.0 Å². The average molecular weight is 516 g/mol. The number of cyclic esters (lactones) is 1. The number of phenolic OH excluding ortho intramolecular Hbond substituents is 1. The van der Waals surface area contributed by atoms with Gasteiger partial charge in [-0.15, -0.1) is 0 Å². The molecule has 3 heterocycles. The van der Waals surface area contributed by atoms with Gasteiger partial charge >= 0.3 is 11.9 Å². The number of allylic oxidation sites excluding steroid dienone is 1. The van der Waals surface area contributed by atoms with Crippen LogP contribution < -0.4 is 10.3 Å². The molecule has 0 bridgehead atoms. The number of ketones is 1. The van der Waals surface area contributed by atoms with Gasteiger partial charge in [0.25, 0.3) is 5.56 Å². The number of fused-ring (bicyclic) bond motifs is 3. The van der Waals surface area contributed by atoms with E-state index in [4.69, 9.17) is 9.47 Å². The molecule has 3 aromatic rings. The first-order chi connectivity index (χ1) is 18.3. The van der Waals surface area contributed by atoms with Crippen LogP contribution in [0.4, 0.5) is 0 Å². The molecule has 0 amide bonds. The number of para-hydroxylation sites is 1. The van der Waals surface area contributed by atoms with Crippen LogP contribution >= 0.6 is 0 Å². The summed E-state index contributed by atoms with van der Waals surface area (Å²) in [5.41, 5.74) is 1.05. The predicted molar refractivity (Wildman–Crippen MR) is 141 cm³/mol. The van der Waals surface area contributed by atoms with E-state index in [2.05, 4.69) is 4.98 Å². The van der Waals surface area contributed by atoms with Gasteiger partial charge in [0.2, 0.25) is 0 Å². The van der Waals surface area contributed by atoms with Crippen LogP contribution in [0.5, 0.6) is 11.5 Å². The van der Waals surface area contributed by atoms with Crippen molar-refractivity contribution in [2.75, 3.05) is 0 Å². The van der Waals surface area contributed by atoms with Crippen molar-refractivity contribution >= 4 is 34.7 Å². The van der Waals surface area contributed by atoms with Gasteiger partial charge in [-0.3, -0.25) is 14.4 Å². The van der Waals surface area contributed by atoms with Crippen molar-refractivity contribution in [3.63, 3.8) is 0 Å². The molecule has 0 saturated heterocycles. The summed E-state index contributed by atoms with van der Waals surface area (Å²) in [6.07, 6.45) is 6.14. The minimum absolute atomic E-state index is 0.0415. The van der Waals surface area contributed by atoms with Crippen molar-refractivity contribution in [3.8, 4) is 11.5 Å². The average Bonchev–Trinajstić information content (AvgIpc) is 2.87. The lowest BCUT2D eigenvalue weighted by atomic mass is 9.83. The maximum absolute atomic E-state index is 13.3. The second-order valence-corrected chi connectivity index (χ2v) is 9.91. The molecule has 2 aliphatic rings. The number of Topliss-reactive ketones (excluding diaryl/α,β-unsaturated/α-hetero) is 1. The molecule has 0 unspecified atom stereocenters. The molecule has 38 heavy (non-hydrogen) atoms. The first-order valence-electron chi connectivity index (χ1n) is 12.9. The summed E-state index contributed by atoms with van der Waals surface area (Å²) in [6, 6.07) is 10.5. The van der Waals surface area contributed by atoms with Gasteiger partial charge in [0.1, 0.15) is 22.8 Å². The molecule has 0 radical (unpaired) electrons. The Hall–Kier alpha value is -4.20. The monoisotopic (exact) mass is 515 g/mol. The summed E-state index contributed by atoms with van der Waals surface area (Å²) >= 11 is 0. The Morgan fingerprint density at radius 2 is 1.82 bits per heavy atom. The standard InChI is InChI=1S/C30H29NO7/c1-17-8-7-12-20(32)11-4-2-3-10-19-15-24-27(28(34)26(19)30(36)37-17)21(16-25(33)38-24)22-14-18-9-5-6-13-23(18)31-29(22)35/h3,5-6,9-10,13-15,17,21,34H,2,4,7-8,11-12,16H2,1H3,(H,31,35)/b10-3+/t17-,21-/m1/s1. The van der Waals surface area contributed by atoms with Crippen molar-refractivity contribution in [2.24, 2.45) is 0 Å². The number of hydrogen-bond donors (Lipinski definition) is 2. The molecule has 0 saturated carbocycles. The molecule has 8 nitrogen and oxygen atoms in total. The number of aromatic nitrogens is 1. The fourth-order valence-corrected chi connectivity index (χ4v) is 5.21. The highest BCUT2D eigenvalue weighted by molar-refractivity contribution is 5.98. The number of aromatic amines is 1. The van der Waals surface area contributed by atoms with E-state index in [1.165, 1.54) is 6.07 Å². The van der Waals surface area contributed by atoms with Gasteiger partial charge in [-0.25, -0.2) is 4.79 Å². The van der Waals surface area contributed by atoms with E-state index >= 15 is 0 Å². The lowest BCUT2D eigenvalue weighted by molar-refractivity contribution is -0.135. The number of hydrogen-bond acceptors (Lipinski definition) is 7. The van der Waals surface area contributed by atoms with Gasteiger partial charge in [0.15, 0.2) is 0 Å².